The third kappa shape index (κ3) is 3.37. The summed E-state index contributed by atoms with van der Waals surface area (Å²) in [6, 6.07) is 5.72. The lowest BCUT2D eigenvalue weighted by Crippen LogP contribution is -2.45. The molecule has 9 heteroatoms. The molecule has 1 fully saturated rings. The quantitative estimate of drug-likeness (QED) is 0.716. The van der Waals surface area contributed by atoms with E-state index < -0.39 is 0 Å². The van der Waals surface area contributed by atoms with Gasteiger partial charge < -0.3 is 24.3 Å². The highest BCUT2D eigenvalue weighted by Crippen LogP contribution is 2.25. The van der Waals surface area contributed by atoms with Gasteiger partial charge in [0.25, 0.3) is 0 Å². The topological polar surface area (TPSA) is 101 Å². The number of piperidine rings is 1. The summed E-state index contributed by atoms with van der Waals surface area (Å²) in [4.78, 5) is 18.8. The second-order valence-corrected chi connectivity index (χ2v) is 6.81. The summed E-state index contributed by atoms with van der Waals surface area (Å²) in [5, 5.41) is 20.5. The van der Waals surface area contributed by atoms with Crippen molar-refractivity contribution in [1.29, 1.82) is 0 Å². The first-order valence-corrected chi connectivity index (χ1v) is 9.10. The fourth-order valence-corrected chi connectivity index (χ4v) is 3.63. The lowest BCUT2D eigenvalue weighted by molar-refractivity contribution is 0.177. The van der Waals surface area contributed by atoms with Crippen LogP contribution in [0.25, 0.3) is 5.65 Å². The number of carbonyl (C=O) groups is 1. The van der Waals surface area contributed by atoms with Crippen molar-refractivity contribution in [2.45, 2.75) is 31.9 Å². The van der Waals surface area contributed by atoms with Gasteiger partial charge in [-0.2, -0.15) is 0 Å². The van der Waals surface area contributed by atoms with E-state index in [0.29, 0.717) is 18.9 Å². The predicted octanol–water partition coefficient (Wildman–Crippen LogP) is 1.04. The maximum Gasteiger partial charge on any atom is 0.317 e. The minimum absolute atomic E-state index is 0.0878. The molecular weight excluding hydrogens is 346 g/mol. The number of nitrogens with one attached hydrogen (secondary N) is 1. The molecular formula is C18H23N7O2. The number of nitrogens with zero attached hydrogens (tertiary/aromatic N) is 6. The Bertz CT molecular complexity index is 948. The van der Waals surface area contributed by atoms with Gasteiger partial charge >= 0.3 is 6.03 Å². The van der Waals surface area contributed by atoms with E-state index >= 15 is 0 Å². The van der Waals surface area contributed by atoms with Crippen molar-refractivity contribution < 1.29 is 9.90 Å². The molecule has 27 heavy (non-hydrogen) atoms. The van der Waals surface area contributed by atoms with Crippen LogP contribution in [0, 0.1) is 0 Å². The van der Waals surface area contributed by atoms with Crippen molar-refractivity contribution in [3.05, 3.63) is 47.9 Å². The molecule has 9 nitrogen and oxygen atoms in total. The maximum atomic E-state index is 12.7. The summed E-state index contributed by atoms with van der Waals surface area (Å²) >= 11 is 0. The number of pyridine rings is 1. The molecule has 1 saturated heterocycles. The summed E-state index contributed by atoms with van der Waals surface area (Å²) in [5.74, 6) is 1.48. The Kier molecular flexibility index (Phi) is 4.76. The Balaban J connectivity index is 1.40. The highest BCUT2D eigenvalue weighted by molar-refractivity contribution is 5.74. The third-order valence-corrected chi connectivity index (χ3v) is 5.13. The summed E-state index contributed by atoms with van der Waals surface area (Å²) in [6.45, 7) is 1.60. The molecule has 142 valence electrons. The second kappa shape index (κ2) is 7.36. The second-order valence-electron chi connectivity index (χ2n) is 6.81. The first-order chi connectivity index (χ1) is 13.2. The molecule has 3 aromatic heterocycles. The molecule has 4 rings (SSSR count). The normalized spacial score (nSPS) is 17.4. The number of aromatic nitrogens is 5. The number of amides is 2. The number of aliphatic hydroxyl groups excluding tert-OH is 1. The zero-order valence-electron chi connectivity index (χ0n) is 15.2. The van der Waals surface area contributed by atoms with Gasteiger partial charge in [-0.3, -0.25) is 0 Å². The molecule has 0 aromatic carbocycles. The molecule has 4 heterocycles. The molecule has 0 aliphatic carbocycles. The summed E-state index contributed by atoms with van der Waals surface area (Å²) in [6.07, 6.45) is 5.58. The third-order valence-electron chi connectivity index (χ3n) is 5.13. The van der Waals surface area contributed by atoms with E-state index in [2.05, 4.69) is 20.5 Å². The van der Waals surface area contributed by atoms with Gasteiger partial charge in [-0.15, -0.1) is 10.2 Å². The number of hydrogen-bond donors (Lipinski definition) is 2. The van der Waals surface area contributed by atoms with Gasteiger partial charge in [0.2, 0.25) is 0 Å². The predicted molar refractivity (Wildman–Crippen MR) is 97.9 cm³/mol. The SMILES string of the molecule is Cn1c(CO)nnc1[C@H]1CCCN(C(=O)NCc2cnc3ccccn23)C1. The molecule has 0 saturated carbocycles. The van der Waals surface area contributed by atoms with Gasteiger partial charge in [0.1, 0.15) is 18.1 Å². The van der Waals surface area contributed by atoms with Crippen molar-refractivity contribution in [3.8, 4) is 0 Å². The van der Waals surface area contributed by atoms with E-state index in [9.17, 15) is 9.90 Å². The van der Waals surface area contributed by atoms with Crippen LogP contribution < -0.4 is 5.32 Å². The Morgan fingerprint density at radius 2 is 2.26 bits per heavy atom. The zero-order chi connectivity index (χ0) is 18.8. The van der Waals surface area contributed by atoms with Crippen LogP contribution in [0.1, 0.15) is 36.1 Å². The lowest BCUT2D eigenvalue weighted by atomic mass is 9.97. The minimum atomic E-state index is -0.139. The van der Waals surface area contributed by atoms with Crippen molar-refractivity contribution in [1.82, 2.24) is 34.4 Å². The highest BCUT2D eigenvalue weighted by Gasteiger charge is 2.28. The van der Waals surface area contributed by atoms with Crippen molar-refractivity contribution in [3.63, 3.8) is 0 Å². The zero-order valence-corrected chi connectivity index (χ0v) is 15.2. The van der Waals surface area contributed by atoms with Crippen molar-refractivity contribution >= 4 is 11.7 Å². The average Bonchev–Trinajstić information content (AvgIpc) is 3.29. The molecule has 1 aliphatic rings. The van der Waals surface area contributed by atoms with Crippen LogP contribution >= 0.6 is 0 Å². The van der Waals surface area contributed by atoms with Gasteiger partial charge in [0.05, 0.1) is 18.4 Å². The fraction of sp³-hybridized carbons (Fsp3) is 0.444. The molecule has 0 bridgehead atoms. The Hall–Kier alpha value is -2.94. The minimum Gasteiger partial charge on any atom is -0.388 e. The van der Waals surface area contributed by atoms with Gasteiger partial charge in [-0.1, -0.05) is 6.07 Å². The number of fused-ring (bicyclic) bond motifs is 1. The molecule has 0 radical (unpaired) electrons. The molecule has 0 unspecified atom stereocenters. The van der Waals surface area contributed by atoms with E-state index in [-0.39, 0.29) is 18.6 Å². The number of carbonyl (C=O) groups excluding carboxylic acids is 1. The lowest BCUT2D eigenvalue weighted by Gasteiger charge is -2.32. The molecule has 1 aliphatic heterocycles. The van der Waals surface area contributed by atoms with E-state index in [4.69, 9.17) is 0 Å². The highest BCUT2D eigenvalue weighted by atomic mass is 16.3. The van der Waals surface area contributed by atoms with Crippen LogP contribution in [0.15, 0.2) is 30.6 Å². The van der Waals surface area contributed by atoms with E-state index in [1.165, 1.54) is 0 Å². The summed E-state index contributed by atoms with van der Waals surface area (Å²) < 4.78 is 3.79. The van der Waals surface area contributed by atoms with Crippen LogP contribution in [0.5, 0.6) is 0 Å². The average molecular weight is 369 g/mol. The number of urea groups is 1. The summed E-state index contributed by atoms with van der Waals surface area (Å²) in [5.41, 5.74) is 1.80. The maximum absolute atomic E-state index is 12.7. The Labute approximate surface area is 156 Å². The van der Waals surface area contributed by atoms with Crippen molar-refractivity contribution in [2.75, 3.05) is 13.1 Å². The number of likely N-dealkylation sites (tertiary alicyclic amines) is 1. The number of hydrogen-bond acceptors (Lipinski definition) is 5. The van der Waals surface area contributed by atoms with Gasteiger partial charge in [-0.25, -0.2) is 9.78 Å². The summed E-state index contributed by atoms with van der Waals surface area (Å²) in [7, 11) is 1.85. The van der Waals surface area contributed by atoms with E-state index in [1.807, 2.05) is 45.3 Å². The number of aliphatic hydroxyl groups is 1. The van der Waals surface area contributed by atoms with Crippen molar-refractivity contribution in [2.24, 2.45) is 7.05 Å². The van der Waals surface area contributed by atoms with Gasteiger partial charge in [-0.05, 0) is 25.0 Å². The molecule has 2 N–H and O–H groups in total. The Morgan fingerprint density at radius 1 is 1.37 bits per heavy atom. The van der Waals surface area contributed by atoms with Crippen LogP contribution in [-0.4, -0.2) is 53.3 Å². The van der Waals surface area contributed by atoms with Crippen LogP contribution in [0.2, 0.25) is 0 Å². The van der Waals surface area contributed by atoms with Crippen LogP contribution in [0.4, 0.5) is 4.79 Å². The standard InChI is InChI=1S/C18H23N7O2/c1-23-16(12-26)21-22-17(23)13-5-4-7-24(11-13)18(27)20-10-14-9-19-15-6-2-3-8-25(14)15/h2-3,6,8-9,13,26H,4-5,7,10-12H2,1H3,(H,20,27)/t13-/m0/s1. The van der Waals surface area contributed by atoms with E-state index in [0.717, 1.165) is 36.6 Å². The van der Waals surface area contributed by atoms with Crippen LogP contribution in [0.3, 0.4) is 0 Å². The molecule has 1 atom stereocenters. The number of imidazole rings is 1. The first kappa shape index (κ1) is 17.5. The monoisotopic (exact) mass is 369 g/mol. The van der Waals surface area contributed by atoms with Gasteiger partial charge in [0, 0.05) is 32.3 Å². The van der Waals surface area contributed by atoms with Gasteiger partial charge in [0.15, 0.2) is 5.82 Å². The smallest absolute Gasteiger partial charge is 0.317 e. The number of rotatable bonds is 4. The van der Waals surface area contributed by atoms with E-state index in [1.54, 1.807) is 6.20 Å². The first-order valence-electron chi connectivity index (χ1n) is 9.10. The largest absolute Gasteiger partial charge is 0.388 e. The van der Waals surface area contributed by atoms with Crippen LogP contribution in [-0.2, 0) is 20.2 Å². The fourth-order valence-electron chi connectivity index (χ4n) is 3.63. The Morgan fingerprint density at radius 3 is 3.07 bits per heavy atom. The molecule has 3 aromatic rings. The molecule has 0 spiro atoms. The molecule has 2 amide bonds.